The van der Waals surface area contributed by atoms with Crippen LogP contribution in [0.4, 0.5) is 17.1 Å². The molecule has 5 heterocycles. The number of hydrogen-bond donors (Lipinski definition) is 0. The third-order valence-electron chi connectivity index (χ3n) is 22.5. The Morgan fingerprint density at radius 2 is 0.426 bits per heavy atom. The highest BCUT2D eigenvalue weighted by Gasteiger charge is 2.23. The van der Waals surface area contributed by atoms with Crippen molar-refractivity contribution in [1.82, 2.24) is 22.8 Å². The molecule has 0 saturated carbocycles. The van der Waals surface area contributed by atoms with Crippen LogP contribution < -0.4 is 4.90 Å². The van der Waals surface area contributed by atoms with E-state index in [0.717, 1.165) is 73.2 Å². The van der Waals surface area contributed by atoms with Gasteiger partial charge < -0.3 is 27.7 Å². The summed E-state index contributed by atoms with van der Waals surface area (Å²) in [5.41, 5.74) is 30.0. The van der Waals surface area contributed by atoms with Gasteiger partial charge in [0.2, 0.25) is 0 Å². The molecule has 17 aromatic carbocycles. The summed E-state index contributed by atoms with van der Waals surface area (Å²) in [6.45, 7) is 0. The largest absolute Gasteiger partial charge is 0.310 e. The number of anilines is 3. The number of fused-ring (bicyclic) bond motifs is 15. The van der Waals surface area contributed by atoms with Crippen molar-refractivity contribution in [2.45, 2.75) is 0 Å². The van der Waals surface area contributed by atoms with E-state index in [1.807, 2.05) is 0 Å². The molecule has 0 aliphatic carbocycles. The predicted octanol–water partition coefficient (Wildman–Crippen LogP) is 27.3. The van der Waals surface area contributed by atoms with Gasteiger partial charge in [-0.2, -0.15) is 0 Å². The number of rotatable bonds is 12. The Balaban J connectivity index is 0.601. The van der Waals surface area contributed by atoms with Crippen LogP contribution in [0.3, 0.4) is 0 Å². The normalized spacial score (nSPS) is 11.9. The lowest BCUT2D eigenvalue weighted by Gasteiger charge is -2.26. The summed E-state index contributed by atoms with van der Waals surface area (Å²) in [6.07, 6.45) is 0. The topological polar surface area (TPSA) is 27.9 Å². The van der Waals surface area contributed by atoms with Crippen LogP contribution in [0.1, 0.15) is 0 Å². The van der Waals surface area contributed by atoms with Gasteiger partial charge in [0.25, 0.3) is 0 Å². The highest BCUT2D eigenvalue weighted by molar-refractivity contribution is 6.17. The fraction of sp³-hybridized carbons (Fsp3) is 0. The summed E-state index contributed by atoms with van der Waals surface area (Å²) in [5, 5.41) is 12.3. The molecule has 0 unspecified atom stereocenters. The van der Waals surface area contributed by atoms with Gasteiger partial charge in [0.15, 0.2) is 0 Å². The molecule has 0 spiro atoms. The van der Waals surface area contributed by atoms with E-state index in [9.17, 15) is 0 Å². The maximum absolute atomic E-state index is 2.44. The number of benzene rings is 17. The Bertz CT molecular complexity index is 7070. The molecular formula is C102H66N6. The van der Waals surface area contributed by atoms with E-state index in [1.165, 1.54) is 126 Å². The molecule has 108 heavy (non-hydrogen) atoms. The molecule has 0 atom stereocenters. The van der Waals surface area contributed by atoms with Crippen molar-refractivity contribution in [3.63, 3.8) is 0 Å². The van der Waals surface area contributed by atoms with Crippen LogP contribution >= 0.6 is 0 Å². The molecule has 6 nitrogen and oxygen atoms in total. The zero-order valence-corrected chi connectivity index (χ0v) is 58.8. The third kappa shape index (κ3) is 9.67. The van der Waals surface area contributed by atoms with Gasteiger partial charge in [0.1, 0.15) is 0 Å². The number of aromatic nitrogens is 5. The molecule has 5 aromatic heterocycles. The number of hydrogen-bond acceptors (Lipinski definition) is 1. The summed E-state index contributed by atoms with van der Waals surface area (Å²) in [4.78, 5) is 2.38. The second kappa shape index (κ2) is 24.6. The van der Waals surface area contributed by atoms with E-state index < -0.39 is 0 Å². The first-order chi connectivity index (χ1) is 53.6. The molecule has 0 amide bonds. The van der Waals surface area contributed by atoms with Gasteiger partial charge in [-0.3, -0.25) is 0 Å². The molecule has 22 aromatic rings. The smallest absolute Gasteiger partial charge is 0.0547 e. The van der Waals surface area contributed by atoms with Crippen molar-refractivity contribution in [2.24, 2.45) is 0 Å². The highest BCUT2D eigenvalue weighted by Crippen LogP contribution is 2.45. The zero-order chi connectivity index (χ0) is 70.9. The maximum Gasteiger partial charge on any atom is 0.0547 e. The van der Waals surface area contributed by atoms with Crippen molar-refractivity contribution in [1.29, 1.82) is 0 Å². The Morgan fingerprint density at radius 1 is 0.148 bits per heavy atom. The van der Waals surface area contributed by atoms with Crippen LogP contribution in [-0.4, -0.2) is 22.8 Å². The Hall–Kier alpha value is -14.5. The molecule has 0 bridgehead atoms. The Morgan fingerprint density at radius 3 is 0.870 bits per heavy atom. The lowest BCUT2D eigenvalue weighted by molar-refractivity contribution is 1.16. The van der Waals surface area contributed by atoms with Crippen LogP contribution in [0, 0.1) is 0 Å². The van der Waals surface area contributed by atoms with Gasteiger partial charge in [0, 0.05) is 99.4 Å². The van der Waals surface area contributed by atoms with Gasteiger partial charge in [-0.15, -0.1) is 0 Å². The number of para-hydroxylation sites is 7. The summed E-state index contributed by atoms with van der Waals surface area (Å²) in [7, 11) is 0. The second-order valence-corrected chi connectivity index (χ2v) is 28.4. The summed E-state index contributed by atoms with van der Waals surface area (Å²) >= 11 is 0. The molecular weight excluding hydrogens is 1310 g/mol. The molecule has 0 N–H and O–H groups in total. The minimum absolute atomic E-state index is 1.05. The minimum atomic E-state index is 1.05. The quantitative estimate of drug-likeness (QED) is 0.120. The van der Waals surface area contributed by atoms with Crippen molar-refractivity contribution in [3.8, 4) is 72.9 Å². The lowest BCUT2D eigenvalue weighted by atomic mass is 9.95. The summed E-state index contributed by atoms with van der Waals surface area (Å²) in [6, 6.07) is 147. The van der Waals surface area contributed by atoms with Gasteiger partial charge in [-0.25, -0.2) is 0 Å². The fourth-order valence-corrected chi connectivity index (χ4v) is 17.6. The molecule has 6 heteroatoms. The lowest BCUT2D eigenvalue weighted by Crippen LogP contribution is -2.10. The number of nitrogens with zero attached hydrogens (tertiary/aromatic N) is 6. The Labute approximate surface area is 623 Å². The monoisotopic (exact) mass is 1370 g/mol. The third-order valence-corrected chi connectivity index (χ3v) is 22.5. The van der Waals surface area contributed by atoms with Crippen molar-refractivity contribution in [2.75, 3.05) is 4.90 Å². The van der Waals surface area contributed by atoms with E-state index in [0.29, 0.717) is 0 Å². The van der Waals surface area contributed by atoms with Crippen LogP contribution in [-0.2, 0) is 0 Å². The first-order valence-corrected chi connectivity index (χ1v) is 37.1. The van der Waals surface area contributed by atoms with Crippen LogP contribution in [0.2, 0.25) is 0 Å². The molecule has 0 aliphatic heterocycles. The van der Waals surface area contributed by atoms with Crippen LogP contribution in [0.5, 0.6) is 0 Å². The first-order valence-electron chi connectivity index (χ1n) is 37.1. The average Bonchev–Trinajstić information content (AvgIpc) is 1.57. The van der Waals surface area contributed by atoms with Gasteiger partial charge in [-0.05, 0) is 220 Å². The summed E-state index contributed by atoms with van der Waals surface area (Å²) < 4.78 is 12.1. The van der Waals surface area contributed by atoms with Crippen molar-refractivity contribution >= 4 is 126 Å². The van der Waals surface area contributed by atoms with E-state index in [4.69, 9.17) is 0 Å². The molecule has 0 radical (unpaired) electrons. The Kier molecular flexibility index (Phi) is 13.9. The minimum Gasteiger partial charge on any atom is -0.310 e. The van der Waals surface area contributed by atoms with Gasteiger partial charge >= 0.3 is 0 Å². The maximum atomic E-state index is 2.44. The van der Waals surface area contributed by atoms with Gasteiger partial charge in [0.05, 0.1) is 55.2 Å². The van der Waals surface area contributed by atoms with Crippen LogP contribution in [0.15, 0.2) is 400 Å². The molecule has 0 aliphatic rings. The average molecular weight is 1380 g/mol. The predicted molar refractivity (Wildman–Crippen MR) is 455 cm³/mol. The molecule has 22 rings (SSSR count). The van der Waals surface area contributed by atoms with Crippen molar-refractivity contribution in [3.05, 3.63) is 400 Å². The van der Waals surface area contributed by atoms with E-state index in [-0.39, 0.29) is 0 Å². The van der Waals surface area contributed by atoms with E-state index >= 15 is 0 Å². The van der Waals surface area contributed by atoms with E-state index in [2.05, 4.69) is 428 Å². The summed E-state index contributed by atoms with van der Waals surface area (Å²) in [5.74, 6) is 0. The molecule has 0 saturated heterocycles. The highest BCUT2D eigenvalue weighted by atomic mass is 15.1. The van der Waals surface area contributed by atoms with Crippen molar-refractivity contribution < 1.29 is 0 Å². The second-order valence-electron chi connectivity index (χ2n) is 28.4. The standard InChI is InChI=1S/C102H66N6/c1-2-21-67(22-3-1)68-43-47-77(48-44-68)106-96-39-15-8-31-87(96)90-65-71(45-61-99(90)106)72-46-62-100-91(66-72)88-32-9-16-40-97(88)108(100)81-26-19-24-70(64-81)69-23-18-25-73(63-69)82-34-20-42-101-102(82)89-33-10-17-41-98(89)107(101)80-59-53-76(54-60-80)103(74-49-55-78(56-50-74)104-92-35-11-4-27-83(92)84-28-5-12-36-93(84)104)75-51-57-79(58-52-75)105-94-37-13-6-29-85(94)86-30-7-14-38-95(86)105/h1-66H. The van der Waals surface area contributed by atoms with E-state index in [1.54, 1.807) is 0 Å². The first kappa shape index (κ1) is 61.1. The zero-order valence-electron chi connectivity index (χ0n) is 58.8. The SMILES string of the molecule is c1ccc(-c2ccc(-n3c4ccccc4c4cc(-c5ccc6c(c5)c5ccccc5n6-c5cccc(-c6cccc(-c7cccc8c7c7ccccc7n8-c7ccc(N(c8ccc(-n9c%10ccccc%10c%10ccccc%109)cc8)c8ccc(-n9c%10ccccc%10c%10ccccc%109)cc8)cc7)c6)c5)ccc43)cc2)cc1. The fourth-order valence-electron chi connectivity index (χ4n) is 17.6. The van der Waals surface area contributed by atoms with Gasteiger partial charge in [-0.1, -0.05) is 224 Å². The molecule has 504 valence electrons. The molecule has 0 fully saturated rings. The van der Waals surface area contributed by atoms with Crippen LogP contribution in [0.25, 0.3) is 182 Å².